The van der Waals surface area contributed by atoms with Crippen LogP contribution < -0.4 is 20.9 Å². The molecule has 0 saturated heterocycles. The lowest BCUT2D eigenvalue weighted by Gasteiger charge is -2.37. The molecule has 2 rings (SSSR count). The molecule has 1 aliphatic carbocycles. The minimum atomic E-state index is 0. The molecule has 0 unspecified atom stereocenters. The van der Waals surface area contributed by atoms with Gasteiger partial charge in [-0.25, -0.2) is 0 Å². The van der Waals surface area contributed by atoms with E-state index in [0.29, 0.717) is 6.54 Å². The van der Waals surface area contributed by atoms with Crippen molar-refractivity contribution in [2.24, 2.45) is 16.5 Å². The number of aliphatic imine (C=N–C) groups is 1. The van der Waals surface area contributed by atoms with Crippen molar-refractivity contribution in [2.75, 3.05) is 20.8 Å². The lowest BCUT2D eigenvalue weighted by atomic mass is 9.69. The van der Waals surface area contributed by atoms with Crippen LogP contribution in [0.15, 0.2) is 23.2 Å². The average Bonchev–Trinajstić information content (AvgIpc) is 2.53. The summed E-state index contributed by atoms with van der Waals surface area (Å²) in [5.41, 5.74) is 12.3. The van der Waals surface area contributed by atoms with E-state index in [0.717, 1.165) is 24.3 Å². The largest absolute Gasteiger partial charge is 0.493 e. The van der Waals surface area contributed by atoms with Gasteiger partial charge in [-0.3, -0.25) is 4.99 Å². The van der Waals surface area contributed by atoms with Crippen LogP contribution in [-0.4, -0.2) is 26.7 Å². The molecule has 6 heteroatoms. The van der Waals surface area contributed by atoms with Crippen LogP contribution in [0.2, 0.25) is 0 Å². The highest BCUT2D eigenvalue weighted by Crippen LogP contribution is 2.42. The molecule has 0 heterocycles. The summed E-state index contributed by atoms with van der Waals surface area (Å²) >= 11 is 0. The van der Waals surface area contributed by atoms with Crippen molar-refractivity contribution in [3.63, 3.8) is 0 Å². The number of methoxy groups -OCH3 is 2. The summed E-state index contributed by atoms with van der Waals surface area (Å²) in [6.07, 6.45) is 5.87. The van der Waals surface area contributed by atoms with Crippen molar-refractivity contribution in [3.05, 3.63) is 23.8 Å². The standard InChI is InChI=1S/C16H25N3O2.HI/c1-20-13-7-6-12(10-14(13)21-2)16(11-19-15(17)18)8-4-3-5-9-16;/h6-7,10H,3-5,8-9,11H2,1-2H3,(H4,17,18,19);1H. The first-order valence-corrected chi connectivity index (χ1v) is 7.39. The first-order valence-electron chi connectivity index (χ1n) is 7.39. The fourth-order valence-corrected chi connectivity index (χ4v) is 3.18. The smallest absolute Gasteiger partial charge is 0.185 e. The zero-order chi connectivity index (χ0) is 15.3. The van der Waals surface area contributed by atoms with Gasteiger partial charge in [-0.05, 0) is 30.5 Å². The van der Waals surface area contributed by atoms with E-state index in [1.165, 1.54) is 24.8 Å². The van der Waals surface area contributed by atoms with E-state index in [-0.39, 0.29) is 35.4 Å². The highest BCUT2D eigenvalue weighted by molar-refractivity contribution is 14.0. The maximum absolute atomic E-state index is 5.53. The second-order valence-corrected chi connectivity index (χ2v) is 5.65. The van der Waals surface area contributed by atoms with Crippen LogP contribution in [0, 0.1) is 0 Å². The van der Waals surface area contributed by atoms with E-state index in [4.69, 9.17) is 20.9 Å². The Kier molecular flexibility index (Phi) is 7.25. The van der Waals surface area contributed by atoms with Crippen LogP contribution in [-0.2, 0) is 5.41 Å². The van der Waals surface area contributed by atoms with Crippen LogP contribution >= 0.6 is 24.0 Å². The second-order valence-electron chi connectivity index (χ2n) is 5.65. The van der Waals surface area contributed by atoms with E-state index in [9.17, 15) is 0 Å². The molecule has 5 nitrogen and oxygen atoms in total. The van der Waals surface area contributed by atoms with Gasteiger partial charge in [-0.1, -0.05) is 25.3 Å². The molecular formula is C16H26IN3O2. The maximum atomic E-state index is 5.53. The van der Waals surface area contributed by atoms with Crippen LogP contribution in [0.4, 0.5) is 0 Å². The summed E-state index contributed by atoms with van der Waals surface area (Å²) in [5, 5.41) is 0. The van der Waals surface area contributed by atoms with E-state index in [2.05, 4.69) is 17.1 Å². The summed E-state index contributed by atoms with van der Waals surface area (Å²) in [4.78, 5) is 4.30. The molecule has 22 heavy (non-hydrogen) atoms. The summed E-state index contributed by atoms with van der Waals surface area (Å²) in [6, 6.07) is 6.13. The van der Waals surface area contributed by atoms with Gasteiger partial charge in [0, 0.05) is 5.41 Å². The van der Waals surface area contributed by atoms with Crippen molar-refractivity contribution in [2.45, 2.75) is 37.5 Å². The minimum absolute atomic E-state index is 0. The van der Waals surface area contributed by atoms with Crippen molar-refractivity contribution < 1.29 is 9.47 Å². The van der Waals surface area contributed by atoms with Crippen LogP contribution in [0.25, 0.3) is 0 Å². The number of guanidine groups is 1. The fourth-order valence-electron chi connectivity index (χ4n) is 3.18. The molecule has 0 radical (unpaired) electrons. The van der Waals surface area contributed by atoms with Crippen molar-refractivity contribution in [1.82, 2.24) is 0 Å². The fraction of sp³-hybridized carbons (Fsp3) is 0.562. The monoisotopic (exact) mass is 419 g/mol. The SMILES string of the molecule is COc1ccc(C2(CN=C(N)N)CCCCC2)cc1OC.I. The number of rotatable bonds is 5. The normalized spacial score (nSPS) is 16.3. The Hall–Kier alpha value is -1.18. The molecule has 0 atom stereocenters. The van der Waals surface area contributed by atoms with Crippen LogP contribution in [0.5, 0.6) is 11.5 Å². The van der Waals surface area contributed by atoms with Gasteiger partial charge in [-0.2, -0.15) is 0 Å². The van der Waals surface area contributed by atoms with Gasteiger partial charge < -0.3 is 20.9 Å². The molecule has 0 bridgehead atoms. The third kappa shape index (κ3) is 4.18. The van der Waals surface area contributed by atoms with Crippen molar-refractivity contribution in [1.29, 1.82) is 0 Å². The van der Waals surface area contributed by atoms with E-state index >= 15 is 0 Å². The predicted octanol–water partition coefficient (Wildman–Crippen LogP) is 2.80. The Labute approximate surface area is 149 Å². The van der Waals surface area contributed by atoms with E-state index < -0.39 is 0 Å². The van der Waals surface area contributed by atoms with E-state index in [1.54, 1.807) is 14.2 Å². The van der Waals surface area contributed by atoms with Crippen LogP contribution in [0.1, 0.15) is 37.7 Å². The molecule has 1 aromatic rings. The number of nitrogens with zero attached hydrogens (tertiary/aromatic N) is 1. The van der Waals surface area contributed by atoms with Crippen molar-refractivity contribution >= 4 is 29.9 Å². The Morgan fingerprint density at radius 1 is 1.09 bits per heavy atom. The number of halogens is 1. The third-order valence-corrected chi connectivity index (χ3v) is 4.37. The first-order chi connectivity index (χ1) is 10.1. The molecule has 0 spiro atoms. The molecule has 4 N–H and O–H groups in total. The zero-order valence-electron chi connectivity index (χ0n) is 13.3. The topological polar surface area (TPSA) is 82.9 Å². The Balaban J connectivity index is 0.00000242. The van der Waals surface area contributed by atoms with E-state index in [1.807, 2.05) is 6.07 Å². The number of hydrogen-bond donors (Lipinski definition) is 2. The molecule has 1 aliphatic rings. The Morgan fingerprint density at radius 3 is 2.27 bits per heavy atom. The van der Waals surface area contributed by atoms with Crippen molar-refractivity contribution in [3.8, 4) is 11.5 Å². The number of nitrogens with two attached hydrogens (primary N) is 2. The highest BCUT2D eigenvalue weighted by atomic mass is 127. The van der Waals surface area contributed by atoms with Gasteiger partial charge >= 0.3 is 0 Å². The summed E-state index contributed by atoms with van der Waals surface area (Å²) in [5.74, 6) is 1.65. The lowest BCUT2D eigenvalue weighted by molar-refractivity contribution is 0.298. The third-order valence-electron chi connectivity index (χ3n) is 4.37. The lowest BCUT2D eigenvalue weighted by Crippen LogP contribution is -2.34. The van der Waals surface area contributed by atoms with Gasteiger partial charge in [0.25, 0.3) is 0 Å². The molecule has 0 aromatic heterocycles. The van der Waals surface area contributed by atoms with Gasteiger partial charge in [0.1, 0.15) is 0 Å². The quantitative estimate of drug-likeness (QED) is 0.437. The first kappa shape index (κ1) is 18.9. The molecule has 1 saturated carbocycles. The minimum Gasteiger partial charge on any atom is -0.493 e. The van der Waals surface area contributed by atoms with Gasteiger partial charge in [0.05, 0.1) is 20.8 Å². The zero-order valence-corrected chi connectivity index (χ0v) is 15.6. The maximum Gasteiger partial charge on any atom is 0.185 e. The molecule has 0 aliphatic heterocycles. The average molecular weight is 419 g/mol. The summed E-state index contributed by atoms with van der Waals surface area (Å²) in [6.45, 7) is 0.630. The molecule has 124 valence electrons. The Bertz CT molecular complexity index is 510. The number of benzene rings is 1. The number of ether oxygens (including phenoxy) is 2. The van der Waals surface area contributed by atoms with Gasteiger partial charge in [-0.15, -0.1) is 24.0 Å². The predicted molar refractivity (Wildman–Crippen MR) is 100 cm³/mol. The summed E-state index contributed by atoms with van der Waals surface area (Å²) < 4.78 is 10.7. The van der Waals surface area contributed by atoms with Crippen LogP contribution in [0.3, 0.4) is 0 Å². The molecule has 1 aromatic carbocycles. The number of hydrogen-bond acceptors (Lipinski definition) is 3. The van der Waals surface area contributed by atoms with Gasteiger partial charge in [0.15, 0.2) is 17.5 Å². The second kappa shape index (κ2) is 8.45. The molecular weight excluding hydrogens is 393 g/mol. The molecule has 1 fully saturated rings. The Morgan fingerprint density at radius 2 is 1.73 bits per heavy atom. The highest BCUT2D eigenvalue weighted by Gasteiger charge is 2.34. The molecule has 0 amide bonds. The summed E-state index contributed by atoms with van der Waals surface area (Å²) in [7, 11) is 3.30. The van der Waals surface area contributed by atoms with Gasteiger partial charge in [0.2, 0.25) is 0 Å².